The van der Waals surface area contributed by atoms with Crippen molar-refractivity contribution < 1.29 is 19.1 Å². The summed E-state index contributed by atoms with van der Waals surface area (Å²) in [5.74, 6) is -0.160. The van der Waals surface area contributed by atoms with Gasteiger partial charge in [0.15, 0.2) is 5.78 Å². The summed E-state index contributed by atoms with van der Waals surface area (Å²) in [6, 6.07) is 27.6. The van der Waals surface area contributed by atoms with E-state index in [1.807, 2.05) is 6.07 Å². The summed E-state index contributed by atoms with van der Waals surface area (Å²) < 4.78 is 5.19. The first-order chi connectivity index (χ1) is 19.3. The fourth-order valence-corrected chi connectivity index (χ4v) is 4.88. The van der Waals surface area contributed by atoms with E-state index in [1.54, 1.807) is 98.1 Å². The lowest BCUT2D eigenvalue weighted by Crippen LogP contribution is -2.30. The van der Waals surface area contributed by atoms with Crippen LogP contribution in [-0.2, 0) is 4.79 Å². The third-order valence-corrected chi connectivity index (χ3v) is 7.23. The zero-order valence-corrected chi connectivity index (χ0v) is 23.6. The van der Waals surface area contributed by atoms with Crippen LogP contribution in [0, 0.1) is 0 Å². The highest BCUT2D eigenvalue weighted by Crippen LogP contribution is 2.26. The minimum atomic E-state index is -0.493. The van der Waals surface area contributed by atoms with Gasteiger partial charge in [-0.15, -0.1) is 11.8 Å². The first kappa shape index (κ1) is 29.0. The van der Waals surface area contributed by atoms with E-state index in [1.165, 1.54) is 17.8 Å². The number of rotatable bonds is 10. The summed E-state index contributed by atoms with van der Waals surface area (Å²) >= 11 is 13.4. The van der Waals surface area contributed by atoms with Gasteiger partial charge in [0.1, 0.15) is 11.4 Å². The topological polar surface area (TPSA) is 84.5 Å². The molecule has 2 N–H and O–H groups in total. The molecule has 2 amide bonds. The normalized spacial score (nSPS) is 11.0. The smallest absolute Gasteiger partial charge is 0.272 e. The molecule has 0 saturated carbocycles. The summed E-state index contributed by atoms with van der Waals surface area (Å²) in [6.45, 7) is 0. The van der Waals surface area contributed by atoms with Gasteiger partial charge in [0.2, 0.25) is 0 Å². The second kappa shape index (κ2) is 13.8. The van der Waals surface area contributed by atoms with Crippen LogP contribution in [0.1, 0.15) is 26.3 Å². The van der Waals surface area contributed by atoms with Crippen molar-refractivity contribution in [1.82, 2.24) is 5.32 Å². The predicted octanol–water partition coefficient (Wildman–Crippen LogP) is 7.39. The Hall–Kier alpha value is -4.04. The molecule has 40 heavy (non-hydrogen) atoms. The lowest BCUT2D eigenvalue weighted by molar-refractivity contribution is -0.113. The molecule has 0 radical (unpaired) electrons. The number of amides is 2. The van der Waals surface area contributed by atoms with Crippen LogP contribution in [-0.4, -0.2) is 30.5 Å². The second-order valence-electron chi connectivity index (χ2n) is 8.47. The van der Waals surface area contributed by atoms with Gasteiger partial charge >= 0.3 is 0 Å². The minimum Gasteiger partial charge on any atom is -0.497 e. The van der Waals surface area contributed by atoms with Crippen molar-refractivity contribution in [1.29, 1.82) is 0 Å². The Morgan fingerprint density at radius 2 is 1.57 bits per heavy atom. The van der Waals surface area contributed by atoms with Gasteiger partial charge in [0.05, 0.1) is 17.9 Å². The van der Waals surface area contributed by atoms with Gasteiger partial charge in [-0.25, -0.2) is 0 Å². The zero-order chi connectivity index (χ0) is 28.5. The maximum absolute atomic E-state index is 13.2. The average Bonchev–Trinajstić information content (AvgIpc) is 2.97. The van der Waals surface area contributed by atoms with Gasteiger partial charge < -0.3 is 15.4 Å². The first-order valence-corrected chi connectivity index (χ1v) is 13.8. The summed E-state index contributed by atoms with van der Waals surface area (Å²) in [5.41, 5.74) is 2.14. The number of Topliss-reactive ketones (excluding diaryl/α,β-unsaturated/α-hetero) is 1. The fourth-order valence-electron chi connectivity index (χ4n) is 3.58. The highest BCUT2D eigenvalue weighted by atomic mass is 35.5. The van der Waals surface area contributed by atoms with E-state index >= 15 is 0 Å². The fraction of sp³-hybridized carbons (Fsp3) is 0.0645. The minimum absolute atomic E-state index is 0.0721. The molecule has 0 aromatic heterocycles. The monoisotopic (exact) mass is 590 g/mol. The van der Waals surface area contributed by atoms with Crippen LogP contribution in [0.5, 0.6) is 5.75 Å². The number of carbonyl (C=O) groups is 3. The number of ketones is 1. The Labute approximate surface area is 246 Å². The van der Waals surface area contributed by atoms with E-state index in [0.29, 0.717) is 38.2 Å². The van der Waals surface area contributed by atoms with Gasteiger partial charge in [-0.05, 0) is 78.4 Å². The van der Waals surface area contributed by atoms with Crippen LogP contribution in [0.4, 0.5) is 5.69 Å². The van der Waals surface area contributed by atoms with E-state index in [9.17, 15) is 14.4 Å². The summed E-state index contributed by atoms with van der Waals surface area (Å²) in [5, 5.41) is 6.32. The van der Waals surface area contributed by atoms with Gasteiger partial charge in [-0.3, -0.25) is 14.4 Å². The van der Waals surface area contributed by atoms with Crippen molar-refractivity contribution in [2.75, 3.05) is 18.2 Å². The highest BCUT2D eigenvalue weighted by molar-refractivity contribution is 8.00. The second-order valence-corrected chi connectivity index (χ2v) is 10.4. The number of benzene rings is 4. The molecule has 202 valence electrons. The number of hydrogen-bond acceptors (Lipinski definition) is 5. The SMILES string of the molecule is COc1ccc(/C=C(\NC(=O)c2ccccc2)C(=O)Nc2ccc(SCC(=O)c3ccc(Cl)cc3Cl)cc2)cc1. The molecule has 0 saturated heterocycles. The molecule has 0 bridgehead atoms. The molecule has 4 aromatic rings. The van der Waals surface area contributed by atoms with Crippen molar-refractivity contribution in [3.8, 4) is 5.75 Å². The number of thioether (sulfide) groups is 1. The Bertz CT molecular complexity index is 1540. The molecule has 0 fully saturated rings. The predicted molar refractivity (Wildman–Crippen MR) is 161 cm³/mol. The largest absolute Gasteiger partial charge is 0.497 e. The summed E-state index contributed by atoms with van der Waals surface area (Å²) in [7, 11) is 1.57. The lowest BCUT2D eigenvalue weighted by atomic mass is 10.1. The van der Waals surface area contributed by atoms with Gasteiger partial charge in [-0.1, -0.05) is 53.5 Å². The van der Waals surface area contributed by atoms with Crippen molar-refractivity contribution in [2.45, 2.75) is 4.90 Å². The molecule has 4 rings (SSSR count). The number of carbonyl (C=O) groups excluding carboxylic acids is 3. The van der Waals surface area contributed by atoms with Crippen molar-refractivity contribution in [2.24, 2.45) is 0 Å². The highest BCUT2D eigenvalue weighted by Gasteiger charge is 2.16. The molecule has 0 aliphatic heterocycles. The van der Waals surface area contributed by atoms with Crippen LogP contribution >= 0.6 is 35.0 Å². The molecule has 0 atom stereocenters. The van der Waals surface area contributed by atoms with Crippen molar-refractivity contribution in [3.63, 3.8) is 0 Å². The molecule has 0 heterocycles. The molecule has 9 heteroatoms. The van der Waals surface area contributed by atoms with Crippen LogP contribution < -0.4 is 15.4 Å². The number of methoxy groups -OCH3 is 1. The molecule has 0 aliphatic rings. The molecular weight excluding hydrogens is 567 g/mol. The molecule has 0 unspecified atom stereocenters. The quantitative estimate of drug-likeness (QED) is 0.114. The molecule has 0 spiro atoms. The third kappa shape index (κ3) is 7.99. The number of halogens is 2. The van der Waals surface area contributed by atoms with Gasteiger partial charge in [0, 0.05) is 26.7 Å². The Morgan fingerprint density at radius 3 is 2.23 bits per heavy atom. The summed E-state index contributed by atoms with van der Waals surface area (Å²) in [4.78, 5) is 39.4. The Balaban J connectivity index is 1.44. The van der Waals surface area contributed by atoms with E-state index in [-0.39, 0.29) is 17.2 Å². The molecule has 6 nitrogen and oxygen atoms in total. The van der Waals surface area contributed by atoms with E-state index < -0.39 is 11.8 Å². The Morgan fingerprint density at radius 1 is 0.875 bits per heavy atom. The zero-order valence-electron chi connectivity index (χ0n) is 21.3. The van der Waals surface area contributed by atoms with Crippen LogP contribution in [0.3, 0.4) is 0 Å². The molecular formula is C31H24Cl2N2O4S. The van der Waals surface area contributed by atoms with E-state index in [0.717, 1.165) is 4.90 Å². The number of anilines is 1. The molecule has 4 aromatic carbocycles. The molecule has 0 aliphatic carbocycles. The average molecular weight is 592 g/mol. The van der Waals surface area contributed by atoms with Crippen LogP contribution in [0.25, 0.3) is 6.08 Å². The number of nitrogens with one attached hydrogen (secondary N) is 2. The maximum Gasteiger partial charge on any atom is 0.272 e. The first-order valence-electron chi connectivity index (χ1n) is 12.1. The van der Waals surface area contributed by atoms with Crippen molar-refractivity contribution >= 4 is 64.3 Å². The lowest BCUT2D eigenvalue weighted by Gasteiger charge is -2.12. The Kier molecular flexibility index (Phi) is 10.0. The van der Waals surface area contributed by atoms with Gasteiger partial charge in [0.25, 0.3) is 11.8 Å². The van der Waals surface area contributed by atoms with Crippen LogP contribution in [0.15, 0.2) is 108 Å². The van der Waals surface area contributed by atoms with E-state index in [4.69, 9.17) is 27.9 Å². The standard InChI is InChI=1S/C31H24Cl2N2O4S/c1-39-24-12-7-20(8-13-24)17-28(35-30(37)21-5-3-2-4-6-21)31(38)34-23-10-14-25(15-11-23)40-19-29(36)26-16-9-22(32)18-27(26)33/h2-18H,19H2,1H3,(H,34,38)(H,35,37)/b28-17-. The van der Waals surface area contributed by atoms with Crippen molar-refractivity contribution in [3.05, 3.63) is 129 Å². The summed E-state index contributed by atoms with van der Waals surface area (Å²) in [6.07, 6.45) is 1.59. The third-order valence-electron chi connectivity index (χ3n) is 5.67. The van der Waals surface area contributed by atoms with E-state index in [2.05, 4.69) is 10.6 Å². The number of ether oxygens (including phenoxy) is 1. The maximum atomic E-state index is 13.2. The van der Waals surface area contributed by atoms with Gasteiger partial charge in [-0.2, -0.15) is 0 Å². The van der Waals surface area contributed by atoms with Crippen LogP contribution in [0.2, 0.25) is 10.0 Å². The number of hydrogen-bond donors (Lipinski definition) is 2.